The average molecular weight is 318 g/mol. The van der Waals surface area contributed by atoms with Gasteiger partial charge in [-0.15, -0.1) is 0 Å². The van der Waals surface area contributed by atoms with Crippen LogP contribution in [0.5, 0.6) is 0 Å². The normalized spacial score (nSPS) is 20.4. The number of hydrogen-bond acceptors (Lipinski definition) is 4. The number of carbonyl (C=O) groups is 1. The predicted molar refractivity (Wildman–Crippen MR) is 74.5 cm³/mol. The van der Waals surface area contributed by atoms with Crippen molar-refractivity contribution in [2.75, 3.05) is 23.8 Å². The highest BCUT2D eigenvalue weighted by Crippen LogP contribution is 2.23. The minimum atomic E-state index is -3.18. The van der Waals surface area contributed by atoms with Crippen LogP contribution < -0.4 is 5.73 Å². The van der Waals surface area contributed by atoms with E-state index < -0.39 is 44.7 Å². The van der Waals surface area contributed by atoms with Gasteiger partial charge in [0.15, 0.2) is 15.7 Å². The molecule has 1 aliphatic heterocycles. The molecule has 2 rings (SSSR count). The quantitative estimate of drug-likeness (QED) is 0.849. The standard InChI is InChI=1S/C13H16F2N2O3S/c1-2-17(9-3-4-21(19,20)7-9)13(18)10-5-8(14)6-11(16)12(10)15/h5-6,9H,2-4,7,16H2,1H3. The molecule has 1 heterocycles. The third-order valence-corrected chi connectivity index (χ3v) is 5.30. The number of amides is 1. The Morgan fingerprint density at radius 3 is 2.62 bits per heavy atom. The average Bonchev–Trinajstić information content (AvgIpc) is 2.74. The maximum absolute atomic E-state index is 13.9. The molecule has 8 heteroatoms. The second kappa shape index (κ2) is 5.59. The van der Waals surface area contributed by atoms with Gasteiger partial charge in [-0.2, -0.15) is 0 Å². The molecule has 1 aliphatic rings. The fourth-order valence-corrected chi connectivity index (χ4v) is 4.24. The number of nitrogens with zero attached hydrogens (tertiary/aromatic N) is 1. The number of halogens is 2. The first-order valence-electron chi connectivity index (χ1n) is 6.51. The van der Waals surface area contributed by atoms with E-state index in [1.165, 1.54) is 4.90 Å². The Morgan fingerprint density at radius 2 is 2.10 bits per heavy atom. The topological polar surface area (TPSA) is 80.5 Å². The maximum atomic E-state index is 13.9. The smallest absolute Gasteiger partial charge is 0.257 e. The summed E-state index contributed by atoms with van der Waals surface area (Å²) >= 11 is 0. The van der Waals surface area contributed by atoms with Gasteiger partial charge < -0.3 is 10.6 Å². The van der Waals surface area contributed by atoms with Crippen LogP contribution in [0.15, 0.2) is 12.1 Å². The van der Waals surface area contributed by atoms with Crippen LogP contribution in [0.4, 0.5) is 14.5 Å². The van der Waals surface area contributed by atoms with Crippen LogP contribution in [0.2, 0.25) is 0 Å². The molecule has 0 aliphatic carbocycles. The minimum Gasteiger partial charge on any atom is -0.396 e. The molecule has 2 N–H and O–H groups in total. The number of carbonyl (C=O) groups excluding carboxylic acids is 1. The van der Waals surface area contributed by atoms with Gasteiger partial charge in [-0.05, 0) is 25.5 Å². The Bertz CT molecular complexity index is 676. The summed E-state index contributed by atoms with van der Waals surface area (Å²) < 4.78 is 50.2. The summed E-state index contributed by atoms with van der Waals surface area (Å²) in [4.78, 5) is 13.6. The van der Waals surface area contributed by atoms with Gasteiger partial charge in [0, 0.05) is 12.6 Å². The minimum absolute atomic E-state index is 0.00474. The zero-order chi connectivity index (χ0) is 15.8. The first kappa shape index (κ1) is 15.7. The number of nitrogen functional groups attached to an aromatic ring is 1. The molecule has 1 saturated heterocycles. The van der Waals surface area contributed by atoms with E-state index in [0.29, 0.717) is 6.42 Å². The molecule has 0 saturated carbocycles. The van der Waals surface area contributed by atoms with Crippen LogP contribution in [-0.4, -0.2) is 43.3 Å². The molecule has 1 atom stereocenters. The van der Waals surface area contributed by atoms with Crippen LogP contribution in [0.3, 0.4) is 0 Å². The molecule has 1 aromatic rings. The van der Waals surface area contributed by atoms with E-state index in [0.717, 1.165) is 12.1 Å². The number of benzene rings is 1. The van der Waals surface area contributed by atoms with Crippen molar-refractivity contribution in [3.05, 3.63) is 29.3 Å². The van der Waals surface area contributed by atoms with Crippen molar-refractivity contribution in [3.8, 4) is 0 Å². The number of nitrogens with two attached hydrogens (primary N) is 1. The zero-order valence-electron chi connectivity index (χ0n) is 11.5. The monoisotopic (exact) mass is 318 g/mol. The van der Waals surface area contributed by atoms with Crippen molar-refractivity contribution in [1.29, 1.82) is 0 Å². The second-order valence-corrected chi connectivity index (χ2v) is 7.23. The zero-order valence-corrected chi connectivity index (χ0v) is 12.3. The van der Waals surface area contributed by atoms with Crippen LogP contribution in [0.25, 0.3) is 0 Å². The molecule has 1 fully saturated rings. The molecular weight excluding hydrogens is 302 g/mol. The van der Waals surface area contributed by atoms with Gasteiger partial charge >= 0.3 is 0 Å². The van der Waals surface area contributed by atoms with Gasteiger partial charge in [-0.1, -0.05) is 0 Å². The van der Waals surface area contributed by atoms with Crippen molar-refractivity contribution in [3.63, 3.8) is 0 Å². The van der Waals surface area contributed by atoms with E-state index in [-0.39, 0.29) is 18.1 Å². The Labute approximate surface area is 121 Å². The van der Waals surface area contributed by atoms with E-state index in [1.54, 1.807) is 6.92 Å². The van der Waals surface area contributed by atoms with E-state index in [4.69, 9.17) is 5.73 Å². The molecule has 1 unspecified atom stereocenters. The summed E-state index contributed by atoms with van der Waals surface area (Å²) in [5, 5.41) is 0. The summed E-state index contributed by atoms with van der Waals surface area (Å²) in [7, 11) is -3.18. The summed E-state index contributed by atoms with van der Waals surface area (Å²) in [6.07, 6.45) is 0.300. The SMILES string of the molecule is CCN(C(=O)c1cc(F)cc(N)c1F)C1CCS(=O)(=O)C1. The summed E-state index contributed by atoms with van der Waals surface area (Å²) in [6, 6.07) is 1.05. The molecule has 1 aromatic carbocycles. The first-order valence-corrected chi connectivity index (χ1v) is 8.33. The molecule has 0 aromatic heterocycles. The van der Waals surface area contributed by atoms with Crippen molar-refractivity contribution in [2.45, 2.75) is 19.4 Å². The fraction of sp³-hybridized carbons (Fsp3) is 0.462. The molecule has 1 amide bonds. The number of anilines is 1. The lowest BCUT2D eigenvalue weighted by atomic mass is 10.1. The van der Waals surface area contributed by atoms with Gasteiger partial charge in [-0.25, -0.2) is 17.2 Å². The summed E-state index contributed by atoms with van der Waals surface area (Å²) in [5.74, 6) is -2.70. The lowest BCUT2D eigenvalue weighted by Gasteiger charge is -2.27. The van der Waals surface area contributed by atoms with Crippen molar-refractivity contribution >= 4 is 21.4 Å². The number of sulfone groups is 1. The number of rotatable bonds is 3. The Morgan fingerprint density at radius 1 is 1.43 bits per heavy atom. The highest BCUT2D eigenvalue weighted by atomic mass is 32.2. The third kappa shape index (κ3) is 3.15. The molecule has 5 nitrogen and oxygen atoms in total. The van der Waals surface area contributed by atoms with E-state index >= 15 is 0 Å². The van der Waals surface area contributed by atoms with Gasteiger partial charge in [0.25, 0.3) is 5.91 Å². The highest BCUT2D eigenvalue weighted by molar-refractivity contribution is 7.91. The van der Waals surface area contributed by atoms with Crippen LogP contribution in [0, 0.1) is 11.6 Å². The van der Waals surface area contributed by atoms with Gasteiger partial charge in [0.2, 0.25) is 0 Å². The van der Waals surface area contributed by atoms with Gasteiger partial charge in [0.1, 0.15) is 5.82 Å². The molecule has 0 bridgehead atoms. The van der Waals surface area contributed by atoms with E-state index in [2.05, 4.69) is 0 Å². The molecule has 116 valence electrons. The molecule has 0 radical (unpaired) electrons. The van der Waals surface area contributed by atoms with Crippen molar-refractivity contribution in [1.82, 2.24) is 4.90 Å². The summed E-state index contributed by atoms with van der Waals surface area (Å²) in [5.41, 5.74) is 4.39. The molecular formula is C13H16F2N2O3S. The Kier molecular flexibility index (Phi) is 4.18. The second-order valence-electron chi connectivity index (χ2n) is 5.00. The van der Waals surface area contributed by atoms with Gasteiger partial charge in [-0.3, -0.25) is 4.79 Å². The largest absolute Gasteiger partial charge is 0.396 e. The lowest BCUT2D eigenvalue weighted by Crippen LogP contribution is -2.41. The van der Waals surface area contributed by atoms with Crippen LogP contribution in [0.1, 0.15) is 23.7 Å². The number of hydrogen-bond donors (Lipinski definition) is 1. The van der Waals surface area contributed by atoms with E-state index in [9.17, 15) is 22.0 Å². The van der Waals surface area contributed by atoms with E-state index in [1.807, 2.05) is 0 Å². The third-order valence-electron chi connectivity index (χ3n) is 3.55. The molecule has 0 spiro atoms. The fourth-order valence-electron chi connectivity index (χ4n) is 2.51. The Balaban J connectivity index is 2.34. The molecule has 21 heavy (non-hydrogen) atoms. The highest BCUT2D eigenvalue weighted by Gasteiger charge is 2.35. The van der Waals surface area contributed by atoms with Crippen LogP contribution >= 0.6 is 0 Å². The lowest BCUT2D eigenvalue weighted by molar-refractivity contribution is 0.0703. The van der Waals surface area contributed by atoms with Crippen LogP contribution in [-0.2, 0) is 9.84 Å². The van der Waals surface area contributed by atoms with Crippen molar-refractivity contribution in [2.24, 2.45) is 0 Å². The Hall–Kier alpha value is -1.70. The van der Waals surface area contributed by atoms with Crippen molar-refractivity contribution < 1.29 is 22.0 Å². The summed E-state index contributed by atoms with van der Waals surface area (Å²) in [6.45, 7) is 1.86. The predicted octanol–water partition coefficient (Wildman–Crippen LogP) is 1.20. The van der Waals surface area contributed by atoms with Gasteiger partial charge in [0.05, 0.1) is 22.8 Å². The maximum Gasteiger partial charge on any atom is 0.257 e. The first-order chi connectivity index (χ1) is 9.75.